The summed E-state index contributed by atoms with van der Waals surface area (Å²) < 4.78 is 5.65. The van der Waals surface area contributed by atoms with Gasteiger partial charge in [0.25, 0.3) is 5.91 Å². The molecular formula is C16H18BN5O3. The fourth-order valence-electron chi connectivity index (χ4n) is 2.77. The average molecular weight is 339 g/mol. The molecule has 4 rings (SSSR count). The number of aryl methyl sites for hydroxylation is 1. The Morgan fingerprint density at radius 1 is 1.48 bits per heavy atom. The van der Waals surface area contributed by atoms with Gasteiger partial charge in [-0.15, -0.1) is 0 Å². The van der Waals surface area contributed by atoms with Crippen LogP contribution in [-0.4, -0.2) is 41.7 Å². The number of hydrogen-bond acceptors (Lipinski definition) is 7. The maximum Gasteiger partial charge on any atom is 0.256 e. The molecule has 3 heterocycles. The van der Waals surface area contributed by atoms with E-state index in [0.717, 1.165) is 12.8 Å². The minimum Gasteiger partial charge on any atom is -0.442 e. The molecule has 1 aliphatic carbocycles. The number of rotatable bonds is 5. The van der Waals surface area contributed by atoms with E-state index in [-0.39, 0.29) is 23.9 Å². The Hall–Kier alpha value is -2.55. The van der Waals surface area contributed by atoms with Gasteiger partial charge in [-0.2, -0.15) is 5.48 Å². The number of carbonyl (C=O) groups excluding carboxylic acids is 1. The highest BCUT2D eigenvalue weighted by Gasteiger charge is 2.38. The summed E-state index contributed by atoms with van der Waals surface area (Å²) in [6, 6.07) is 0. The van der Waals surface area contributed by atoms with Crippen LogP contribution in [0.5, 0.6) is 0 Å². The standard InChI is InChI=1S/C16H18BN5O3/c1-8-11(14(23)18-6-9-5-10(17)22-25-9)12-13(21-16(2)3-4-16)19-7-20-15(12)24-8/h5,7,10,22H,3-4,6H2,1-2H3,(H,18,23)(H,19,20,21). The molecule has 25 heavy (non-hydrogen) atoms. The maximum absolute atomic E-state index is 12.7. The van der Waals surface area contributed by atoms with Crippen molar-refractivity contribution in [3.05, 3.63) is 29.5 Å². The van der Waals surface area contributed by atoms with Crippen LogP contribution in [-0.2, 0) is 4.84 Å². The van der Waals surface area contributed by atoms with Crippen LogP contribution in [0.15, 0.2) is 22.6 Å². The zero-order chi connectivity index (χ0) is 17.6. The Morgan fingerprint density at radius 2 is 2.28 bits per heavy atom. The molecular weight excluding hydrogens is 321 g/mol. The maximum atomic E-state index is 12.7. The van der Waals surface area contributed by atoms with E-state index in [1.54, 1.807) is 13.0 Å². The third kappa shape index (κ3) is 3.07. The van der Waals surface area contributed by atoms with Crippen LogP contribution in [0.4, 0.5) is 5.82 Å². The predicted molar refractivity (Wildman–Crippen MR) is 92.0 cm³/mol. The highest BCUT2D eigenvalue weighted by Crippen LogP contribution is 2.40. The van der Waals surface area contributed by atoms with Crippen molar-refractivity contribution in [3.8, 4) is 0 Å². The lowest BCUT2D eigenvalue weighted by atomic mass is 9.98. The first kappa shape index (κ1) is 16.0. The molecule has 1 amide bonds. The van der Waals surface area contributed by atoms with Gasteiger partial charge in [0, 0.05) is 11.5 Å². The average Bonchev–Trinajstić information content (AvgIpc) is 2.99. The summed E-state index contributed by atoms with van der Waals surface area (Å²) in [6.45, 7) is 4.08. The van der Waals surface area contributed by atoms with Gasteiger partial charge in [0.05, 0.1) is 17.5 Å². The number of amides is 1. The second kappa shape index (κ2) is 5.77. The summed E-state index contributed by atoms with van der Waals surface area (Å²) in [5.74, 6) is 1.03. The fourth-order valence-corrected chi connectivity index (χ4v) is 2.77. The second-order valence-corrected chi connectivity index (χ2v) is 6.68. The summed E-state index contributed by atoms with van der Waals surface area (Å²) in [6.07, 6.45) is 5.27. The highest BCUT2D eigenvalue weighted by molar-refractivity contribution is 6.13. The molecule has 1 fully saturated rings. The van der Waals surface area contributed by atoms with Crippen LogP contribution in [0.3, 0.4) is 0 Å². The van der Waals surface area contributed by atoms with Crippen molar-refractivity contribution in [2.75, 3.05) is 11.9 Å². The smallest absolute Gasteiger partial charge is 0.256 e. The van der Waals surface area contributed by atoms with E-state index < -0.39 is 0 Å². The number of hydrogen-bond donors (Lipinski definition) is 3. The van der Waals surface area contributed by atoms with E-state index in [9.17, 15) is 4.79 Å². The van der Waals surface area contributed by atoms with Gasteiger partial charge in [0.15, 0.2) is 0 Å². The third-order valence-corrected chi connectivity index (χ3v) is 4.43. The highest BCUT2D eigenvalue weighted by atomic mass is 16.7. The van der Waals surface area contributed by atoms with E-state index >= 15 is 0 Å². The monoisotopic (exact) mass is 339 g/mol. The zero-order valence-electron chi connectivity index (χ0n) is 14.0. The van der Waals surface area contributed by atoms with Crippen molar-refractivity contribution in [1.82, 2.24) is 20.8 Å². The number of aromatic nitrogens is 2. The molecule has 1 unspecified atom stereocenters. The van der Waals surface area contributed by atoms with Gasteiger partial charge in [-0.3, -0.25) is 4.79 Å². The Morgan fingerprint density at radius 3 is 2.96 bits per heavy atom. The summed E-state index contributed by atoms with van der Waals surface area (Å²) in [5.41, 5.74) is 3.44. The molecule has 2 aromatic heterocycles. The number of fused-ring (bicyclic) bond motifs is 1. The molecule has 2 radical (unpaired) electrons. The summed E-state index contributed by atoms with van der Waals surface area (Å²) in [4.78, 5) is 26.3. The van der Waals surface area contributed by atoms with Crippen molar-refractivity contribution in [2.45, 2.75) is 38.2 Å². The van der Waals surface area contributed by atoms with E-state index in [4.69, 9.17) is 17.1 Å². The van der Waals surface area contributed by atoms with Crippen molar-refractivity contribution in [2.24, 2.45) is 0 Å². The molecule has 0 bridgehead atoms. The van der Waals surface area contributed by atoms with Crippen LogP contribution < -0.4 is 16.1 Å². The number of carbonyl (C=O) groups is 1. The van der Waals surface area contributed by atoms with E-state index in [1.165, 1.54) is 6.33 Å². The first-order chi connectivity index (χ1) is 12.0. The molecule has 1 atom stereocenters. The first-order valence-electron chi connectivity index (χ1n) is 8.14. The molecule has 3 N–H and O–H groups in total. The number of anilines is 1. The first-order valence-corrected chi connectivity index (χ1v) is 8.14. The minimum absolute atomic E-state index is 0.0184. The van der Waals surface area contributed by atoms with Crippen molar-refractivity contribution in [1.29, 1.82) is 0 Å². The molecule has 2 aliphatic rings. The molecule has 8 nitrogen and oxygen atoms in total. The number of nitrogens with one attached hydrogen (secondary N) is 3. The Bertz CT molecular complexity index is 874. The largest absolute Gasteiger partial charge is 0.442 e. The molecule has 0 saturated heterocycles. The topological polar surface area (TPSA) is 101 Å². The van der Waals surface area contributed by atoms with Crippen LogP contribution in [0, 0.1) is 6.92 Å². The van der Waals surface area contributed by atoms with E-state index in [1.807, 2.05) is 0 Å². The number of hydroxylamine groups is 1. The molecule has 9 heteroatoms. The number of furan rings is 1. The predicted octanol–water partition coefficient (Wildman–Crippen LogP) is 1.14. The Kier molecular flexibility index (Phi) is 3.68. The van der Waals surface area contributed by atoms with Crippen LogP contribution in [0.1, 0.15) is 35.9 Å². The van der Waals surface area contributed by atoms with Gasteiger partial charge >= 0.3 is 0 Å². The van der Waals surface area contributed by atoms with Gasteiger partial charge in [-0.25, -0.2) is 9.97 Å². The van der Waals surface area contributed by atoms with Crippen molar-refractivity contribution >= 4 is 30.7 Å². The van der Waals surface area contributed by atoms with Crippen molar-refractivity contribution in [3.63, 3.8) is 0 Å². The molecule has 0 aromatic carbocycles. The Balaban J connectivity index is 1.62. The third-order valence-electron chi connectivity index (χ3n) is 4.43. The lowest BCUT2D eigenvalue weighted by Crippen LogP contribution is -2.27. The van der Waals surface area contributed by atoms with E-state index in [2.05, 4.69) is 33.0 Å². The molecule has 1 saturated carbocycles. The molecule has 0 spiro atoms. The van der Waals surface area contributed by atoms with Crippen LogP contribution in [0.25, 0.3) is 11.1 Å². The second-order valence-electron chi connectivity index (χ2n) is 6.68. The van der Waals surface area contributed by atoms with Crippen LogP contribution >= 0.6 is 0 Å². The van der Waals surface area contributed by atoms with E-state index in [0.29, 0.717) is 34.0 Å². The Labute approximate surface area is 145 Å². The molecule has 128 valence electrons. The normalized spacial score (nSPS) is 20.9. The van der Waals surface area contributed by atoms with Gasteiger partial charge in [-0.1, -0.05) is 0 Å². The van der Waals surface area contributed by atoms with Gasteiger partial charge < -0.3 is 19.9 Å². The van der Waals surface area contributed by atoms with Crippen LogP contribution in [0.2, 0.25) is 0 Å². The fraction of sp³-hybridized carbons (Fsp3) is 0.438. The lowest BCUT2D eigenvalue weighted by Gasteiger charge is -2.13. The van der Waals surface area contributed by atoms with Crippen molar-refractivity contribution < 1.29 is 14.0 Å². The van der Waals surface area contributed by atoms with Gasteiger partial charge in [-0.05, 0) is 32.8 Å². The molecule has 1 aliphatic heterocycles. The van der Waals surface area contributed by atoms with Gasteiger partial charge in [0.2, 0.25) is 5.71 Å². The lowest BCUT2D eigenvalue weighted by molar-refractivity contribution is 0.0927. The summed E-state index contributed by atoms with van der Waals surface area (Å²) in [5, 5.41) is 6.81. The minimum atomic E-state index is -0.369. The number of nitrogens with zero attached hydrogens (tertiary/aromatic N) is 2. The zero-order valence-corrected chi connectivity index (χ0v) is 14.0. The quantitative estimate of drug-likeness (QED) is 0.702. The molecule has 2 aromatic rings. The summed E-state index contributed by atoms with van der Waals surface area (Å²) >= 11 is 0. The summed E-state index contributed by atoms with van der Waals surface area (Å²) in [7, 11) is 5.64. The van der Waals surface area contributed by atoms with Gasteiger partial charge in [0.1, 0.15) is 31.5 Å². The SMILES string of the molecule is [B]C1C=C(CNC(=O)c2c(C)oc3ncnc(NC4(C)CC4)c23)ON1.